The van der Waals surface area contributed by atoms with E-state index in [0.717, 1.165) is 12.8 Å². The van der Waals surface area contributed by atoms with Crippen molar-refractivity contribution in [1.82, 2.24) is 4.31 Å². The molecule has 0 bridgehead atoms. The molecule has 0 amide bonds. The van der Waals surface area contributed by atoms with Gasteiger partial charge in [0.1, 0.15) is 4.21 Å². The highest BCUT2D eigenvalue weighted by Gasteiger charge is 2.31. The van der Waals surface area contributed by atoms with Gasteiger partial charge in [-0.05, 0) is 35.8 Å². The zero-order valence-corrected chi connectivity index (χ0v) is 11.4. The highest BCUT2D eigenvalue weighted by Crippen LogP contribution is 2.32. The smallest absolute Gasteiger partial charge is 0.252 e. The molecule has 2 rings (SSSR count). The van der Waals surface area contributed by atoms with Gasteiger partial charge < -0.3 is 5.11 Å². The highest BCUT2D eigenvalue weighted by molar-refractivity contribution is 7.91. The predicted molar refractivity (Wildman–Crippen MR) is 67.4 cm³/mol. The van der Waals surface area contributed by atoms with Gasteiger partial charge in [0, 0.05) is 13.1 Å². The summed E-state index contributed by atoms with van der Waals surface area (Å²) in [7, 11) is -3.35. The van der Waals surface area contributed by atoms with Crippen molar-refractivity contribution >= 4 is 21.4 Å². The van der Waals surface area contributed by atoms with Gasteiger partial charge in [-0.25, -0.2) is 8.42 Å². The minimum Gasteiger partial charge on any atom is -0.392 e. The Hall–Kier alpha value is -0.430. The van der Waals surface area contributed by atoms with Crippen LogP contribution in [0.15, 0.2) is 15.7 Å². The summed E-state index contributed by atoms with van der Waals surface area (Å²) in [4.78, 5) is 0. The van der Waals surface area contributed by atoms with Gasteiger partial charge in [0.25, 0.3) is 10.0 Å². The van der Waals surface area contributed by atoms with Crippen LogP contribution in [0, 0.1) is 5.92 Å². The van der Waals surface area contributed by atoms with Crippen LogP contribution in [0.1, 0.15) is 25.3 Å². The Bertz CT molecular complexity index is 477. The van der Waals surface area contributed by atoms with Crippen LogP contribution < -0.4 is 0 Å². The molecule has 1 N–H and O–H groups in total. The van der Waals surface area contributed by atoms with Crippen LogP contribution in [-0.2, 0) is 16.6 Å². The fraction of sp³-hybridized carbons (Fsp3) is 0.636. The lowest BCUT2D eigenvalue weighted by molar-refractivity contribution is 0.282. The Morgan fingerprint density at radius 2 is 2.24 bits per heavy atom. The molecule has 0 aromatic carbocycles. The van der Waals surface area contributed by atoms with E-state index in [1.807, 2.05) is 6.92 Å². The third kappa shape index (κ3) is 2.88. The summed E-state index contributed by atoms with van der Waals surface area (Å²) >= 11 is 1.18. The van der Waals surface area contributed by atoms with Gasteiger partial charge in [-0.2, -0.15) is 4.31 Å². The van der Waals surface area contributed by atoms with E-state index in [1.165, 1.54) is 15.6 Å². The maximum absolute atomic E-state index is 12.3. The summed E-state index contributed by atoms with van der Waals surface area (Å²) in [5, 5.41) is 10.7. The summed E-state index contributed by atoms with van der Waals surface area (Å²) in [5.74, 6) is 0.544. The third-order valence-electron chi connectivity index (χ3n) is 2.92. The Morgan fingerprint density at radius 1 is 1.53 bits per heavy atom. The van der Waals surface area contributed by atoms with Gasteiger partial charge >= 0.3 is 0 Å². The quantitative estimate of drug-likeness (QED) is 0.859. The van der Waals surface area contributed by atoms with Crippen LogP contribution in [0.2, 0.25) is 0 Å². The second kappa shape index (κ2) is 5.06. The van der Waals surface area contributed by atoms with Crippen LogP contribution in [0.25, 0.3) is 0 Å². The normalized spacial score (nSPS) is 16.6. The van der Waals surface area contributed by atoms with E-state index in [4.69, 9.17) is 5.11 Å². The Morgan fingerprint density at radius 3 is 2.71 bits per heavy atom. The number of thiophene rings is 1. The second-order valence-corrected chi connectivity index (χ2v) is 7.41. The lowest BCUT2D eigenvalue weighted by Gasteiger charge is -2.19. The molecular weight excluding hydrogens is 258 g/mol. The van der Waals surface area contributed by atoms with Crippen molar-refractivity contribution in [3.63, 3.8) is 0 Å². The first-order chi connectivity index (χ1) is 8.07. The van der Waals surface area contributed by atoms with Crippen LogP contribution in [0.4, 0.5) is 0 Å². The second-order valence-electron chi connectivity index (χ2n) is 4.33. The molecule has 0 atom stereocenters. The molecule has 17 heavy (non-hydrogen) atoms. The van der Waals surface area contributed by atoms with Gasteiger partial charge in [0.05, 0.1) is 6.61 Å². The minimum atomic E-state index is -3.35. The van der Waals surface area contributed by atoms with Crippen molar-refractivity contribution in [2.24, 2.45) is 5.92 Å². The predicted octanol–water partition coefficient (Wildman–Crippen LogP) is 1.66. The fourth-order valence-electron chi connectivity index (χ4n) is 1.68. The zero-order valence-electron chi connectivity index (χ0n) is 9.80. The van der Waals surface area contributed by atoms with Crippen LogP contribution in [0.5, 0.6) is 0 Å². The lowest BCUT2D eigenvalue weighted by atomic mass is 10.4. The molecular formula is C11H17NO3S2. The molecule has 1 saturated carbocycles. The van der Waals surface area contributed by atoms with E-state index in [2.05, 4.69) is 0 Å². The Balaban J connectivity index is 2.19. The number of nitrogens with zero attached hydrogens (tertiary/aromatic N) is 1. The molecule has 96 valence electrons. The molecule has 1 fully saturated rings. The number of rotatable bonds is 6. The maximum atomic E-state index is 12.3. The summed E-state index contributed by atoms with van der Waals surface area (Å²) in [6.07, 6.45) is 2.27. The van der Waals surface area contributed by atoms with Crippen molar-refractivity contribution in [1.29, 1.82) is 0 Å². The standard InChI is InChI=1S/C11H17NO3S2/c1-2-12(6-9-3-4-9)17(14,15)11-5-10(7-13)8-16-11/h5,8-9,13H,2-4,6-7H2,1H3. The Labute approximate surface area is 106 Å². The summed E-state index contributed by atoms with van der Waals surface area (Å²) in [6.45, 7) is 2.89. The van der Waals surface area contributed by atoms with Gasteiger partial charge in [0.2, 0.25) is 0 Å². The average Bonchev–Trinajstić information content (AvgIpc) is 2.99. The maximum Gasteiger partial charge on any atom is 0.252 e. The highest BCUT2D eigenvalue weighted by atomic mass is 32.2. The van der Waals surface area contributed by atoms with Crippen molar-refractivity contribution in [3.8, 4) is 0 Å². The van der Waals surface area contributed by atoms with Crippen molar-refractivity contribution in [3.05, 3.63) is 17.0 Å². The topological polar surface area (TPSA) is 57.6 Å². The van der Waals surface area contributed by atoms with Crippen LogP contribution >= 0.6 is 11.3 Å². The van der Waals surface area contributed by atoms with Gasteiger partial charge in [-0.3, -0.25) is 0 Å². The summed E-state index contributed by atoms with van der Waals surface area (Å²) < 4.78 is 26.5. The first-order valence-electron chi connectivity index (χ1n) is 5.76. The minimum absolute atomic E-state index is 0.110. The van der Waals surface area contributed by atoms with E-state index in [0.29, 0.717) is 28.8 Å². The van der Waals surface area contributed by atoms with E-state index < -0.39 is 10.0 Å². The first kappa shape index (κ1) is 13.0. The molecule has 6 heteroatoms. The molecule has 1 aliphatic carbocycles. The fourth-order valence-corrected chi connectivity index (χ4v) is 4.56. The summed E-state index contributed by atoms with van der Waals surface area (Å²) in [6, 6.07) is 1.57. The van der Waals surface area contributed by atoms with Crippen LogP contribution in [0.3, 0.4) is 0 Å². The van der Waals surface area contributed by atoms with E-state index in [-0.39, 0.29) is 6.61 Å². The van der Waals surface area contributed by atoms with Gasteiger partial charge in [0.15, 0.2) is 0 Å². The summed E-state index contributed by atoms with van der Waals surface area (Å²) in [5.41, 5.74) is 0.663. The Kier molecular flexibility index (Phi) is 3.87. The average molecular weight is 275 g/mol. The van der Waals surface area contributed by atoms with Crippen LogP contribution in [-0.4, -0.2) is 30.9 Å². The zero-order chi connectivity index (χ0) is 12.5. The largest absolute Gasteiger partial charge is 0.392 e. The molecule has 0 radical (unpaired) electrons. The molecule has 1 aliphatic rings. The van der Waals surface area contributed by atoms with E-state index >= 15 is 0 Å². The van der Waals surface area contributed by atoms with Crippen molar-refractivity contribution < 1.29 is 13.5 Å². The lowest BCUT2D eigenvalue weighted by Crippen LogP contribution is -2.32. The number of hydrogen-bond acceptors (Lipinski definition) is 4. The first-order valence-corrected chi connectivity index (χ1v) is 8.08. The van der Waals surface area contributed by atoms with Gasteiger partial charge in [-0.1, -0.05) is 6.92 Å². The number of aliphatic hydroxyl groups excluding tert-OH is 1. The number of hydrogen-bond donors (Lipinski definition) is 1. The molecule has 0 spiro atoms. The van der Waals surface area contributed by atoms with E-state index in [9.17, 15) is 8.42 Å². The molecule has 4 nitrogen and oxygen atoms in total. The molecule has 0 saturated heterocycles. The molecule has 0 aliphatic heterocycles. The van der Waals surface area contributed by atoms with E-state index in [1.54, 1.807) is 11.4 Å². The number of aliphatic hydroxyl groups is 1. The third-order valence-corrected chi connectivity index (χ3v) is 6.32. The molecule has 1 aromatic heterocycles. The monoisotopic (exact) mass is 275 g/mol. The van der Waals surface area contributed by atoms with Gasteiger partial charge in [-0.15, -0.1) is 11.3 Å². The molecule has 1 aromatic rings. The molecule has 0 unspecified atom stereocenters. The SMILES string of the molecule is CCN(CC1CC1)S(=O)(=O)c1cc(CO)cs1. The van der Waals surface area contributed by atoms with Crippen molar-refractivity contribution in [2.45, 2.75) is 30.6 Å². The van der Waals surface area contributed by atoms with Crippen molar-refractivity contribution in [2.75, 3.05) is 13.1 Å². The molecule has 1 heterocycles. The number of sulfonamides is 1.